The number of unbranched alkanes of at least 4 members (excludes halogenated alkanes) is 19. The molecule has 10 nitrogen and oxygen atoms in total. The molecule has 3 atom stereocenters. The largest absolute Gasteiger partial charge is 0.472 e. The summed E-state index contributed by atoms with van der Waals surface area (Å²) in [5.41, 5.74) is 0. The molecule has 11 heteroatoms. The molecule has 1 unspecified atom stereocenters. The van der Waals surface area contributed by atoms with E-state index in [0.717, 1.165) is 51.4 Å². The second kappa shape index (κ2) is 33.2. The van der Waals surface area contributed by atoms with Gasteiger partial charge in [0.1, 0.15) is 12.7 Å². The van der Waals surface area contributed by atoms with Crippen molar-refractivity contribution < 1.29 is 47.8 Å². The number of esters is 2. The number of rotatable bonds is 35. The third kappa shape index (κ3) is 33.0. The number of aliphatic hydroxyl groups excluding tert-OH is 2. The first-order valence-corrected chi connectivity index (χ1v) is 20.1. The summed E-state index contributed by atoms with van der Waals surface area (Å²) in [7, 11) is -4.60. The van der Waals surface area contributed by atoms with E-state index in [1.165, 1.54) is 77.0 Å². The van der Waals surface area contributed by atoms with Crippen molar-refractivity contribution in [3.8, 4) is 0 Å². The van der Waals surface area contributed by atoms with E-state index in [1.54, 1.807) is 0 Å². The summed E-state index contributed by atoms with van der Waals surface area (Å²) in [6.45, 7) is 2.33. The number of carbonyl (C=O) groups excluding carboxylic acids is 2. The Kier molecular flexibility index (Phi) is 32.3. The number of aliphatic hydroxyl groups is 2. The highest BCUT2D eigenvalue weighted by Gasteiger charge is 2.27. The van der Waals surface area contributed by atoms with E-state index < -0.39 is 51.8 Å². The number of ether oxygens (including phenoxy) is 2. The van der Waals surface area contributed by atoms with Crippen molar-refractivity contribution >= 4 is 19.8 Å². The first-order chi connectivity index (χ1) is 22.7. The Morgan fingerprint density at radius 2 is 1.04 bits per heavy atom. The van der Waals surface area contributed by atoms with Crippen LogP contribution in [0.4, 0.5) is 0 Å². The number of allylic oxidation sites excluding steroid dienone is 2. The van der Waals surface area contributed by atoms with E-state index in [1.807, 2.05) is 0 Å². The Morgan fingerprint density at radius 3 is 1.53 bits per heavy atom. The molecule has 47 heavy (non-hydrogen) atoms. The third-order valence-electron chi connectivity index (χ3n) is 7.92. The molecule has 0 amide bonds. The molecular weight excluding hydrogens is 623 g/mol. The minimum absolute atomic E-state index is 0.186. The zero-order valence-electron chi connectivity index (χ0n) is 29.8. The predicted molar refractivity (Wildman–Crippen MR) is 187 cm³/mol. The Balaban J connectivity index is 4.36. The fraction of sp³-hybridized carbons (Fsp3) is 0.889. The van der Waals surface area contributed by atoms with Gasteiger partial charge in [0.15, 0.2) is 6.10 Å². The Bertz CT molecular complexity index is 807. The van der Waals surface area contributed by atoms with Crippen LogP contribution in [0.15, 0.2) is 12.2 Å². The van der Waals surface area contributed by atoms with Crippen molar-refractivity contribution in [3.05, 3.63) is 12.2 Å². The molecule has 0 fully saturated rings. The van der Waals surface area contributed by atoms with Crippen LogP contribution < -0.4 is 0 Å². The minimum Gasteiger partial charge on any atom is -0.462 e. The van der Waals surface area contributed by atoms with Gasteiger partial charge in [0, 0.05) is 12.8 Å². The van der Waals surface area contributed by atoms with Crippen molar-refractivity contribution in [2.24, 2.45) is 0 Å². The molecule has 3 N–H and O–H groups in total. The number of carbonyl (C=O) groups is 2. The zero-order chi connectivity index (χ0) is 34.9. The molecule has 0 heterocycles. The Morgan fingerprint density at radius 1 is 0.617 bits per heavy atom. The minimum atomic E-state index is -4.60. The smallest absolute Gasteiger partial charge is 0.462 e. The highest BCUT2D eigenvalue weighted by atomic mass is 31.2. The summed E-state index contributed by atoms with van der Waals surface area (Å²) in [4.78, 5) is 34.7. The SMILES string of the molecule is CCCCCCC/C=C/CCCCCCCC(=O)OC[C@@H](COP(=O)(O)OC[C@H](O)CO)OC(=O)CCCCCCCCCCCC. The number of hydrogen-bond donors (Lipinski definition) is 3. The van der Waals surface area contributed by atoms with E-state index in [4.69, 9.17) is 19.1 Å². The van der Waals surface area contributed by atoms with Crippen LogP contribution in [0.3, 0.4) is 0 Å². The van der Waals surface area contributed by atoms with Gasteiger partial charge in [-0.05, 0) is 38.5 Å². The lowest BCUT2D eigenvalue weighted by atomic mass is 10.1. The van der Waals surface area contributed by atoms with E-state index in [2.05, 4.69) is 30.5 Å². The second-order valence-electron chi connectivity index (χ2n) is 12.6. The maximum Gasteiger partial charge on any atom is 0.472 e. The van der Waals surface area contributed by atoms with Gasteiger partial charge in [-0.2, -0.15) is 0 Å². The summed E-state index contributed by atoms with van der Waals surface area (Å²) >= 11 is 0. The average molecular weight is 693 g/mol. The molecule has 0 aliphatic heterocycles. The number of phosphoric ester groups is 1. The summed E-state index contributed by atoms with van der Waals surface area (Å²) < 4.78 is 32.5. The van der Waals surface area contributed by atoms with Gasteiger partial charge in [0.05, 0.1) is 19.8 Å². The van der Waals surface area contributed by atoms with E-state index >= 15 is 0 Å². The van der Waals surface area contributed by atoms with Crippen LogP contribution in [-0.2, 0) is 32.7 Å². The monoisotopic (exact) mass is 692 g/mol. The number of phosphoric acid groups is 1. The lowest BCUT2D eigenvalue weighted by Gasteiger charge is -2.20. The van der Waals surface area contributed by atoms with Gasteiger partial charge in [-0.15, -0.1) is 0 Å². The normalized spacial score (nSPS) is 14.2. The first-order valence-electron chi connectivity index (χ1n) is 18.6. The van der Waals surface area contributed by atoms with E-state index in [9.17, 15) is 24.2 Å². The van der Waals surface area contributed by atoms with Crippen molar-refractivity contribution in [3.63, 3.8) is 0 Å². The highest BCUT2D eigenvalue weighted by Crippen LogP contribution is 2.43. The Hall–Kier alpha value is -1.29. The second-order valence-corrected chi connectivity index (χ2v) is 14.1. The summed E-state index contributed by atoms with van der Waals surface area (Å²) in [5.74, 6) is -0.933. The van der Waals surface area contributed by atoms with Gasteiger partial charge in [-0.3, -0.25) is 18.6 Å². The molecule has 278 valence electrons. The fourth-order valence-electron chi connectivity index (χ4n) is 4.99. The topological polar surface area (TPSA) is 149 Å². The van der Waals surface area contributed by atoms with Crippen LogP contribution in [0.2, 0.25) is 0 Å². The molecule has 0 aliphatic carbocycles. The van der Waals surface area contributed by atoms with Crippen molar-refractivity contribution in [1.82, 2.24) is 0 Å². The van der Waals surface area contributed by atoms with Gasteiger partial charge in [-0.1, -0.05) is 129 Å². The lowest BCUT2D eigenvalue weighted by molar-refractivity contribution is -0.161. The maximum absolute atomic E-state index is 12.5. The van der Waals surface area contributed by atoms with E-state index in [0.29, 0.717) is 12.8 Å². The summed E-state index contributed by atoms with van der Waals surface area (Å²) in [6, 6.07) is 0. The van der Waals surface area contributed by atoms with Crippen LogP contribution in [0, 0.1) is 0 Å². The van der Waals surface area contributed by atoms with Crippen LogP contribution >= 0.6 is 7.82 Å². The third-order valence-corrected chi connectivity index (χ3v) is 8.87. The number of hydrogen-bond acceptors (Lipinski definition) is 9. The van der Waals surface area contributed by atoms with Crippen LogP contribution in [0.25, 0.3) is 0 Å². The quantitative estimate of drug-likeness (QED) is 0.0254. The van der Waals surface area contributed by atoms with Crippen LogP contribution in [0.5, 0.6) is 0 Å². The average Bonchev–Trinajstić information content (AvgIpc) is 3.05. The van der Waals surface area contributed by atoms with Crippen molar-refractivity contribution in [2.45, 2.75) is 180 Å². The van der Waals surface area contributed by atoms with Gasteiger partial charge in [0.2, 0.25) is 0 Å². The maximum atomic E-state index is 12.5. The molecule has 0 saturated heterocycles. The highest BCUT2D eigenvalue weighted by molar-refractivity contribution is 7.47. The van der Waals surface area contributed by atoms with Gasteiger partial charge < -0.3 is 24.6 Å². The lowest BCUT2D eigenvalue weighted by Crippen LogP contribution is -2.29. The van der Waals surface area contributed by atoms with Crippen molar-refractivity contribution in [2.75, 3.05) is 26.4 Å². The molecular formula is C36H69O10P. The molecule has 0 aliphatic rings. The molecule has 0 aromatic rings. The van der Waals surface area contributed by atoms with Crippen molar-refractivity contribution in [1.29, 1.82) is 0 Å². The Labute approximate surface area is 286 Å². The molecule has 0 aromatic carbocycles. The molecule has 0 saturated carbocycles. The van der Waals surface area contributed by atoms with E-state index in [-0.39, 0.29) is 19.4 Å². The standard InChI is InChI=1S/C36H69O10P/c1-3-5-7-9-11-13-15-16-17-18-20-21-23-25-27-35(39)43-31-34(32-45-47(41,42)44-30-33(38)29-37)46-36(40)28-26-24-22-19-14-12-10-8-6-4-2/h15-16,33-34,37-38H,3-14,17-32H2,1-2H3,(H,41,42)/b16-15+/t33-,34+/m1/s1. The van der Waals surface area contributed by atoms with Gasteiger partial charge >= 0.3 is 19.8 Å². The molecule has 0 aromatic heterocycles. The van der Waals surface area contributed by atoms with Gasteiger partial charge in [0.25, 0.3) is 0 Å². The van der Waals surface area contributed by atoms with Gasteiger partial charge in [-0.25, -0.2) is 4.57 Å². The molecule has 0 radical (unpaired) electrons. The molecule has 0 rings (SSSR count). The summed E-state index contributed by atoms with van der Waals surface area (Å²) in [6.07, 6.45) is 27.6. The first kappa shape index (κ1) is 45.7. The van der Waals surface area contributed by atoms with Crippen LogP contribution in [-0.4, -0.2) is 65.7 Å². The molecule has 0 bridgehead atoms. The predicted octanol–water partition coefficient (Wildman–Crippen LogP) is 8.89. The van der Waals surface area contributed by atoms with Crippen LogP contribution in [0.1, 0.15) is 168 Å². The zero-order valence-corrected chi connectivity index (χ0v) is 30.6. The summed E-state index contributed by atoms with van der Waals surface area (Å²) in [5, 5.41) is 18.2. The molecule has 0 spiro atoms. The fourth-order valence-corrected chi connectivity index (χ4v) is 5.78.